The number of phenolic OH excluding ortho intramolecular Hbond substituents is 1. The maximum atomic E-state index is 13.5. The Bertz CT molecular complexity index is 1230. The predicted octanol–water partition coefficient (Wildman–Crippen LogP) is 5.20. The number of phenols is 1. The fraction of sp³-hybridized carbons (Fsp3) is 0.321. The van der Waals surface area contributed by atoms with Gasteiger partial charge in [0.1, 0.15) is 35.5 Å². The number of rotatable bonds is 7. The number of hydrogen-bond acceptors (Lipinski definition) is 5. The first-order valence-corrected chi connectivity index (χ1v) is 12.1. The van der Waals surface area contributed by atoms with Gasteiger partial charge in [-0.1, -0.05) is 36.4 Å². The largest absolute Gasteiger partial charge is 0.507 e. The molecule has 0 atom stereocenters. The van der Waals surface area contributed by atoms with Gasteiger partial charge in [-0.15, -0.1) is 0 Å². The Labute approximate surface area is 208 Å². The van der Waals surface area contributed by atoms with Crippen LogP contribution in [0.5, 0.6) is 17.2 Å². The lowest BCUT2D eigenvalue weighted by Crippen LogP contribution is -2.34. The average Bonchev–Trinajstić information content (AvgIpc) is 3.31. The molecule has 36 heavy (non-hydrogen) atoms. The molecule has 3 aromatic rings. The molecule has 2 aliphatic rings. The molecule has 0 unspecified atom stereocenters. The van der Waals surface area contributed by atoms with Crippen molar-refractivity contribution >= 4 is 5.91 Å². The molecular weight excluding hydrogens is 466 g/mol. The van der Waals surface area contributed by atoms with Crippen LogP contribution in [0, 0.1) is 0 Å². The molecular formula is C28H28F2N2O4. The van der Waals surface area contributed by atoms with Crippen LogP contribution >= 0.6 is 0 Å². The maximum absolute atomic E-state index is 13.5. The minimum atomic E-state index is -2.81. The molecule has 2 aliphatic heterocycles. The Morgan fingerprint density at radius 1 is 1.03 bits per heavy atom. The van der Waals surface area contributed by atoms with E-state index in [0.29, 0.717) is 13.1 Å². The smallest absolute Gasteiger partial charge is 0.264 e. The van der Waals surface area contributed by atoms with Gasteiger partial charge in [-0.05, 0) is 66.9 Å². The lowest BCUT2D eigenvalue weighted by atomic mass is 10.1. The Morgan fingerprint density at radius 3 is 2.53 bits per heavy atom. The summed E-state index contributed by atoms with van der Waals surface area (Å²) in [5, 5.41) is 13.9. The highest BCUT2D eigenvalue weighted by atomic mass is 19.3. The quantitative estimate of drug-likeness (QED) is 0.473. The Morgan fingerprint density at radius 2 is 1.78 bits per heavy atom. The molecule has 0 radical (unpaired) electrons. The SMILES string of the molecule is O=C(c1c(O)cc(C(F)F)cc1OCc1ccccc1)N1Cc2ccc(OC3CCNCC3)cc2C1. The fourth-order valence-corrected chi connectivity index (χ4v) is 4.66. The summed E-state index contributed by atoms with van der Waals surface area (Å²) in [6.07, 6.45) is -0.755. The summed E-state index contributed by atoms with van der Waals surface area (Å²) >= 11 is 0. The molecule has 2 heterocycles. The van der Waals surface area contributed by atoms with Gasteiger partial charge in [0.2, 0.25) is 0 Å². The standard InChI is InChI=1S/C28H28F2N2O4/c29-27(30)20-13-24(33)26(25(14-20)35-17-18-4-2-1-3-5-18)28(34)32-15-19-6-7-23(12-21(19)16-32)36-22-8-10-31-11-9-22/h1-7,12-14,22,27,31,33H,8-11,15-17H2. The maximum Gasteiger partial charge on any atom is 0.264 e. The summed E-state index contributed by atoms with van der Waals surface area (Å²) in [6.45, 7) is 2.60. The van der Waals surface area contributed by atoms with Crippen molar-refractivity contribution in [2.75, 3.05) is 13.1 Å². The van der Waals surface area contributed by atoms with Gasteiger partial charge < -0.3 is 24.8 Å². The van der Waals surface area contributed by atoms with Gasteiger partial charge in [-0.2, -0.15) is 0 Å². The second-order valence-electron chi connectivity index (χ2n) is 9.15. The Balaban J connectivity index is 1.35. The normalized spacial score (nSPS) is 15.7. The van der Waals surface area contributed by atoms with E-state index in [4.69, 9.17) is 9.47 Å². The Hall–Kier alpha value is -3.65. The molecule has 1 fully saturated rings. The monoisotopic (exact) mass is 494 g/mol. The van der Waals surface area contributed by atoms with Crippen molar-refractivity contribution in [3.63, 3.8) is 0 Å². The van der Waals surface area contributed by atoms with E-state index >= 15 is 0 Å². The lowest BCUT2D eigenvalue weighted by Gasteiger charge is -2.24. The number of nitrogens with zero attached hydrogens (tertiary/aromatic N) is 1. The number of ether oxygens (including phenoxy) is 2. The van der Waals surface area contributed by atoms with Gasteiger partial charge >= 0.3 is 0 Å². The lowest BCUT2D eigenvalue weighted by molar-refractivity contribution is 0.0742. The van der Waals surface area contributed by atoms with Crippen molar-refractivity contribution in [3.05, 3.63) is 88.5 Å². The van der Waals surface area contributed by atoms with Gasteiger partial charge in [-0.25, -0.2) is 8.78 Å². The van der Waals surface area contributed by atoms with E-state index in [-0.39, 0.29) is 24.0 Å². The van der Waals surface area contributed by atoms with E-state index in [0.717, 1.165) is 60.5 Å². The van der Waals surface area contributed by atoms with E-state index in [2.05, 4.69) is 5.32 Å². The molecule has 8 heteroatoms. The van der Waals surface area contributed by atoms with Gasteiger partial charge in [0.15, 0.2) is 0 Å². The van der Waals surface area contributed by atoms with Crippen molar-refractivity contribution in [3.8, 4) is 17.2 Å². The number of carbonyl (C=O) groups is 1. The van der Waals surface area contributed by atoms with Gasteiger partial charge in [0.05, 0.1) is 0 Å². The number of piperidine rings is 1. The Kier molecular flexibility index (Phi) is 7.04. The van der Waals surface area contributed by atoms with Gasteiger partial charge in [0, 0.05) is 18.7 Å². The molecule has 6 nitrogen and oxygen atoms in total. The molecule has 0 spiro atoms. The number of benzene rings is 3. The summed E-state index contributed by atoms with van der Waals surface area (Å²) in [5.41, 5.74) is 2.24. The first-order chi connectivity index (χ1) is 17.5. The van der Waals surface area contributed by atoms with Crippen molar-refractivity contribution in [1.29, 1.82) is 0 Å². The predicted molar refractivity (Wildman–Crippen MR) is 130 cm³/mol. The van der Waals surface area contributed by atoms with Crippen LogP contribution in [0.2, 0.25) is 0 Å². The number of amides is 1. The molecule has 0 bridgehead atoms. The second-order valence-corrected chi connectivity index (χ2v) is 9.15. The summed E-state index contributed by atoms with van der Waals surface area (Å²) in [6, 6.07) is 17.1. The molecule has 2 N–H and O–H groups in total. The summed E-state index contributed by atoms with van der Waals surface area (Å²) in [7, 11) is 0. The number of carbonyl (C=O) groups excluding carboxylic acids is 1. The molecule has 5 rings (SSSR count). The topological polar surface area (TPSA) is 71.0 Å². The van der Waals surface area contributed by atoms with E-state index in [9.17, 15) is 18.7 Å². The number of hydrogen-bond donors (Lipinski definition) is 2. The fourth-order valence-electron chi connectivity index (χ4n) is 4.66. The zero-order valence-corrected chi connectivity index (χ0v) is 19.8. The summed E-state index contributed by atoms with van der Waals surface area (Å²) in [4.78, 5) is 15.1. The van der Waals surface area contributed by atoms with Crippen LogP contribution in [-0.2, 0) is 19.7 Å². The minimum absolute atomic E-state index is 0.0648. The summed E-state index contributed by atoms with van der Waals surface area (Å²) < 4.78 is 38.8. The molecule has 1 amide bonds. The zero-order valence-electron chi connectivity index (χ0n) is 19.8. The van der Waals surface area contributed by atoms with E-state index in [1.165, 1.54) is 0 Å². The number of halogens is 2. The van der Waals surface area contributed by atoms with Crippen LogP contribution in [0.4, 0.5) is 8.78 Å². The van der Waals surface area contributed by atoms with Crippen LogP contribution in [0.25, 0.3) is 0 Å². The minimum Gasteiger partial charge on any atom is -0.507 e. The van der Waals surface area contributed by atoms with E-state index in [1.807, 2.05) is 48.5 Å². The zero-order chi connectivity index (χ0) is 25.1. The van der Waals surface area contributed by atoms with Crippen LogP contribution < -0.4 is 14.8 Å². The first-order valence-electron chi connectivity index (χ1n) is 12.1. The highest BCUT2D eigenvalue weighted by molar-refractivity contribution is 6.00. The molecule has 1 saturated heterocycles. The third-order valence-corrected chi connectivity index (χ3v) is 6.58. The first kappa shape index (κ1) is 24.1. The van der Waals surface area contributed by atoms with Crippen LogP contribution in [0.3, 0.4) is 0 Å². The summed E-state index contributed by atoms with van der Waals surface area (Å²) in [5.74, 6) is -0.295. The van der Waals surface area contributed by atoms with Gasteiger partial charge in [0.25, 0.3) is 12.3 Å². The van der Waals surface area contributed by atoms with Crippen molar-refractivity contribution in [2.24, 2.45) is 0 Å². The molecule has 0 aliphatic carbocycles. The number of alkyl halides is 2. The highest BCUT2D eigenvalue weighted by Crippen LogP contribution is 2.37. The third kappa shape index (κ3) is 5.28. The third-order valence-electron chi connectivity index (χ3n) is 6.58. The van der Waals surface area contributed by atoms with E-state index in [1.54, 1.807) is 4.90 Å². The van der Waals surface area contributed by atoms with Gasteiger partial charge in [-0.3, -0.25) is 4.79 Å². The van der Waals surface area contributed by atoms with Crippen LogP contribution in [0.15, 0.2) is 60.7 Å². The molecule has 0 aromatic heterocycles. The van der Waals surface area contributed by atoms with E-state index < -0.39 is 23.6 Å². The van der Waals surface area contributed by atoms with Crippen molar-refractivity contribution < 1.29 is 28.2 Å². The van der Waals surface area contributed by atoms with Crippen LogP contribution in [-0.4, -0.2) is 35.1 Å². The molecule has 188 valence electrons. The number of nitrogens with one attached hydrogen (secondary N) is 1. The van der Waals surface area contributed by atoms with Crippen LogP contribution in [0.1, 0.15) is 51.9 Å². The number of fused-ring (bicyclic) bond motifs is 1. The molecule has 0 saturated carbocycles. The van der Waals surface area contributed by atoms with Crippen molar-refractivity contribution in [2.45, 2.75) is 45.1 Å². The number of aromatic hydroxyl groups is 1. The average molecular weight is 495 g/mol. The highest BCUT2D eigenvalue weighted by Gasteiger charge is 2.30. The molecule has 3 aromatic carbocycles. The second kappa shape index (κ2) is 10.5. The van der Waals surface area contributed by atoms with Crippen molar-refractivity contribution in [1.82, 2.24) is 10.2 Å².